The summed E-state index contributed by atoms with van der Waals surface area (Å²) in [4.78, 5) is 38.3. The number of aryl methyl sites for hydroxylation is 1. The molecule has 0 saturated heterocycles. The number of hydrogen-bond acceptors (Lipinski definition) is 4. The van der Waals surface area contributed by atoms with Crippen molar-refractivity contribution in [3.63, 3.8) is 0 Å². The van der Waals surface area contributed by atoms with Gasteiger partial charge >= 0.3 is 0 Å². The largest absolute Gasteiger partial charge is 0.390 e. The molecule has 2 amide bonds. The van der Waals surface area contributed by atoms with E-state index in [2.05, 4.69) is 17.2 Å². The minimum absolute atomic E-state index is 0.113. The summed E-state index contributed by atoms with van der Waals surface area (Å²) >= 11 is 0. The van der Waals surface area contributed by atoms with Crippen LogP contribution in [0.25, 0.3) is 0 Å². The minimum atomic E-state index is -0.987. The molecule has 2 rings (SSSR count). The summed E-state index contributed by atoms with van der Waals surface area (Å²) in [5.74, 6) is -2.40. The predicted octanol–water partition coefficient (Wildman–Crippen LogP) is 3.75. The van der Waals surface area contributed by atoms with Crippen molar-refractivity contribution in [1.82, 2.24) is 9.88 Å². The van der Waals surface area contributed by atoms with E-state index in [1.807, 2.05) is 6.92 Å². The summed E-state index contributed by atoms with van der Waals surface area (Å²) in [6, 6.07) is 4.24. The van der Waals surface area contributed by atoms with Gasteiger partial charge in [0.1, 0.15) is 5.82 Å². The van der Waals surface area contributed by atoms with Gasteiger partial charge in [0.15, 0.2) is 0 Å². The number of Topliss-reactive ketones (excluding diaryl/α,β-unsaturated/α-hetero) is 1. The molecule has 0 radical (unpaired) electrons. The Morgan fingerprint density at radius 2 is 1.91 bits per heavy atom. The Kier molecular flexibility index (Phi) is 8.33. The van der Waals surface area contributed by atoms with Crippen LogP contribution in [0.15, 0.2) is 30.9 Å². The van der Waals surface area contributed by atoms with Gasteiger partial charge in [0.05, 0.1) is 16.9 Å². The summed E-state index contributed by atoms with van der Waals surface area (Å²) in [6.45, 7) is 10.5. The van der Waals surface area contributed by atoms with E-state index >= 15 is 0 Å². The van der Waals surface area contributed by atoms with Gasteiger partial charge in [-0.15, -0.1) is 6.58 Å². The quantitative estimate of drug-likeness (QED) is 0.287. The number of anilines is 1. The highest BCUT2D eigenvalue weighted by atomic mass is 19.1. The number of aliphatic hydroxyl groups is 1. The van der Waals surface area contributed by atoms with Crippen LogP contribution in [-0.4, -0.2) is 39.4 Å². The maximum Gasteiger partial charge on any atom is 0.294 e. The number of halogens is 1. The van der Waals surface area contributed by atoms with Gasteiger partial charge in [-0.25, -0.2) is 4.39 Å². The Balaban J connectivity index is 2.19. The average molecular weight is 458 g/mol. The number of aromatic nitrogens is 1. The molecular formula is C25H32FN3O4. The Bertz CT molecular complexity index is 1090. The maximum atomic E-state index is 13.5. The molecule has 0 aliphatic rings. The summed E-state index contributed by atoms with van der Waals surface area (Å²) in [5, 5.41) is 15.7. The number of carbonyl (C=O) groups is 3. The lowest BCUT2D eigenvalue weighted by Crippen LogP contribution is -2.37. The highest BCUT2D eigenvalue weighted by Crippen LogP contribution is 2.24. The molecule has 0 bridgehead atoms. The number of carbonyl (C=O) groups excluding carboxylic acids is 3. The Hall–Kier alpha value is -3.26. The first-order valence-electron chi connectivity index (χ1n) is 10.8. The lowest BCUT2D eigenvalue weighted by molar-refractivity contribution is -0.117. The molecule has 1 aromatic carbocycles. The van der Waals surface area contributed by atoms with E-state index in [4.69, 9.17) is 0 Å². The van der Waals surface area contributed by atoms with Crippen molar-refractivity contribution in [3.05, 3.63) is 64.7 Å². The van der Waals surface area contributed by atoms with E-state index < -0.39 is 23.2 Å². The lowest BCUT2D eigenvalue weighted by Gasteiger charge is -2.25. The summed E-state index contributed by atoms with van der Waals surface area (Å²) < 4.78 is 15.0. The third-order valence-electron chi connectivity index (χ3n) is 6.05. The Morgan fingerprint density at radius 1 is 1.24 bits per heavy atom. The van der Waals surface area contributed by atoms with Gasteiger partial charge in [-0.2, -0.15) is 0 Å². The summed E-state index contributed by atoms with van der Waals surface area (Å²) in [6.07, 6.45) is 2.78. The number of ketones is 1. The van der Waals surface area contributed by atoms with Crippen molar-refractivity contribution in [3.8, 4) is 0 Å². The van der Waals surface area contributed by atoms with Crippen molar-refractivity contribution < 1.29 is 23.9 Å². The van der Waals surface area contributed by atoms with E-state index in [-0.39, 0.29) is 30.0 Å². The van der Waals surface area contributed by atoms with Crippen molar-refractivity contribution in [2.24, 2.45) is 7.05 Å². The second kappa shape index (κ2) is 10.6. The molecular weight excluding hydrogens is 425 g/mol. The van der Waals surface area contributed by atoms with E-state index in [1.54, 1.807) is 33.9 Å². The van der Waals surface area contributed by atoms with Gasteiger partial charge in [-0.3, -0.25) is 14.4 Å². The van der Waals surface area contributed by atoms with Crippen LogP contribution in [0.2, 0.25) is 0 Å². The van der Waals surface area contributed by atoms with Crippen molar-refractivity contribution >= 4 is 23.3 Å². The first-order valence-corrected chi connectivity index (χ1v) is 10.8. The number of benzene rings is 1. The molecule has 1 aromatic heterocycles. The normalized spacial score (nSPS) is 12.7. The standard InChI is InChI=1S/C25H32FN3O4/c1-7-11-25(33,8-2)12-13-27-24(32)22(30)21-16(4)20(17(5)29(21)6)23(31)28-18-9-10-19(26)15(3)14-18/h7,9-10,14,33H,1,8,11-13H2,2-6H3,(H,27,32)(H,28,31). The first-order chi connectivity index (χ1) is 15.5. The molecule has 1 heterocycles. The first kappa shape index (κ1) is 26.0. The Morgan fingerprint density at radius 3 is 2.48 bits per heavy atom. The van der Waals surface area contributed by atoms with Crippen LogP contribution in [0.3, 0.4) is 0 Å². The smallest absolute Gasteiger partial charge is 0.294 e. The van der Waals surface area contributed by atoms with Crippen molar-refractivity contribution in [2.45, 2.75) is 52.6 Å². The van der Waals surface area contributed by atoms with Gasteiger partial charge < -0.3 is 20.3 Å². The number of amides is 2. The fourth-order valence-corrected chi connectivity index (χ4v) is 3.84. The molecule has 1 atom stereocenters. The van der Waals surface area contributed by atoms with E-state index in [1.165, 1.54) is 22.8 Å². The van der Waals surface area contributed by atoms with Crippen LogP contribution in [0.4, 0.5) is 10.1 Å². The fraction of sp³-hybridized carbons (Fsp3) is 0.400. The van der Waals surface area contributed by atoms with E-state index in [0.717, 1.165) is 0 Å². The molecule has 1 unspecified atom stereocenters. The number of nitrogens with zero attached hydrogens (tertiary/aromatic N) is 1. The zero-order chi connectivity index (χ0) is 24.9. The van der Waals surface area contributed by atoms with Crippen LogP contribution < -0.4 is 10.6 Å². The second-order valence-corrected chi connectivity index (χ2v) is 8.32. The molecule has 3 N–H and O–H groups in total. The molecule has 7 nitrogen and oxygen atoms in total. The third kappa shape index (κ3) is 5.76. The molecule has 0 spiro atoms. The third-order valence-corrected chi connectivity index (χ3v) is 6.05. The second-order valence-electron chi connectivity index (χ2n) is 8.32. The van der Waals surface area contributed by atoms with Gasteiger partial charge in [-0.1, -0.05) is 13.0 Å². The highest BCUT2D eigenvalue weighted by molar-refractivity contribution is 6.43. The topological polar surface area (TPSA) is 100 Å². The number of rotatable bonds is 10. The fourth-order valence-electron chi connectivity index (χ4n) is 3.84. The maximum absolute atomic E-state index is 13.5. The number of nitrogens with one attached hydrogen (secondary N) is 2. The molecule has 0 aliphatic heterocycles. The average Bonchev–Trinajstić information content (AvgIpc) is 2.98. The van der Waals surface area contributed by atoms with Gasteiger partial charge in [-0.05, 0) is 69.4 Å². The summed E-state index contributed by atoms with van der Waals surface area (Å²) in [7, 11) is 1.61. The van der Waals surface area contributed by atoms with Crippen molar-refractivity contribution in [2.75, 3.05) is 11.9 Å². The molecule has 178 valence electrons. The minimum Gasteiger partial charge on any atom is -0.390 e. The van der Waals surface area contributed by atoms with Crippen LogP contribution >= 0.6 is 0 Å². The van der Waals surface area contributed by atoms with Crippen molar-refractivity contribution in [1.29, 1.82) is 0 Å². The SMILES string of the molecule is C=CCC(O)(CC)CCNC(=O)C(=O)c1c(C)c(C(=O)Nc2ccc(F)c(C)c2)c(C)n1C. The van der Waals surface area contributed by atoms with Crippen LogP contribution in [0.1, 0.15) is 63.9 Å². The Labute approximate surface area is 193 Å². The van der Waals surface area contributed by atoms with Crippen LogP contribution in [0, 0.1) is 26.6 Å². The predicted molar refractivity (Wildman–Crippen MR) is 126 cm³/mol. The molecule has 33 heavy (non-hydrogen) atoms. The zero-order valence-electron chi connectivity index (χ0n) is 19.8. The number of hydrogen-bond donors (Lipinski definition) is 3. The molecule has 8 heteroatoms. The van der Waals surface area contributed by atoms with Crippen LogP contribution in [-0.2, 0) is 11.8 Å². The van der Waals surface area contributed by atoms with Gasteiger partial charge in [0.2, 0.25) is 0 Å². The summed E-state index contributed by atoms with van der Waals surface area (Å²) in [5.41, 5.74) is 1.12. The molecule has 0 saturated carbocycles. The van der Waals surface area contributed by atoms with E-state index in [0.29, 0.717) is 35.3 Å². The lowest BCUT2D eigenvalue weighted by atomic mass is 9.92. The molecule has 0 fully saturated rings. The van der Waals surface area contributed by atoms with Gasteiger partial charge in [0, 0.05) is 25.0 Å². The molecule has 0 aliphatic carbocycles. The monoisotopic (exact) mass is 457 g/mol. The highest BCUT2D eigenvalue weighted by Gasteiger charge is 2.29. The zero-order valence-corrected chi connectivity index (χ0v) is 19.8. The molecule has 2 aromatic rings. The van der Waals surface area contributed by atoms with Gasteiger partial charge in [0.25, 0.3) is 17.6 Å². The van der Waals surface area contributed by atoms with E-state index in [9.17, 15) is 23.9 Å². The van der Waals surface area contributed by atoms with Crippen LogP contribution in [0.5, 0.6) is 0 Å².